The van der Waals surface area contributed by atoms with Gasteiger partial charge in [-0.3, -0.25) is 0 Å². The van der Waals surface area contributed by atoms with Gasteiger partial charge in [0.15, 0.2) is 0 Å². The molecule has 2 aromatic rings. The van der Waals surface area contributed by atoms with Gasteiger partial charge >= 0.3 is 6.36 Å². The fourth-order valence-electron chi connectivity index (χ4n) is 2.05. The molecule has 0 saturated heterocycles. The molecule has 7 heteroatoms. The van der Waals surface area contributed by atoms with Gasteiger partial charge in [-0.1, -0.05) is 23.7 Å². The van der Waals surface area contributed by atoms with Crippen LogP contribution in [0.1, 0.15) is 22.7 Å². The number of ether oxygens (including phenoxy) is 1. The van der Waals surface area contributed by atoms with E-state index in [1.807, 2.05) is 0 Å². The van der Waals surface area contributed by atoms with Gasteiger partial charge in [-0.25, -0.2) is 0 Å². The normalized spacial score (nSPS) is 13.0. The molecule has 0 spiro atoms. The van der Waals surface area contributed by atoms with Gasteiger partial charge in [-0.2, -0.15) is 0 Å². The smallest absolute Gasteiger partial charge is 0.507 e. The number of phenolic OH excluding ortho intramolecular Hbond substituents is 1. The molecule has 3 N–H and O–H groups in total. The van der Waals surface area contributed by atoms with Crippen molar-refractivity contribution in [2.24, 2.45) is 5.73 Å². The maximum atomic E-state index is 12.1. The molecule has 3 nitrogen and oxygen atoms in total. The molecule has 0 amide bonds. The summed E-state index contributed by atoms with van der Waals surface area (Å²) >= 11 is 5.94. The lowest BCUT2D eigenvalue weighted by atomic mass is 9.97. The van der Waals surface area contributed by atoms with Crippen molar-refractivity contribution in [3.8, 4) is 11.5 Å². The van der Waals surface area contributed by atoms with E-state index in [9.17, 15) is 18.3 Å². The number of benzene rings is 2. The molecule has 118 valence electrons. The number of nitrogens with two attached hydrogens (primary N) is 1. The van der Waals surface area contributed by atoms with E-state index in [-0.39, 0.29) is 11.5 Å². The molecule has 1 atom stereocenters. The quantitative estimate of drug-likeness (QED) is 0.881. The summed E-state index contributed by atoms with van der Waals surface area (Å²) in [6.45, 7) is 1.68. The second-order valence-corrected chi connectivity index (χ2v) is 5.19. The van der Waals surface area contributed by atoms with Gasteiger partial charge in [-0.05, 0) is 42.3 Å². The van der Waals surface area contributed by atoms with Crippen molar-refractivity contribution >= 4 is 11.6 Å². The molecule has 0 bridgehead atoms. The molecule has 0 aliphatic rings. The lowest BCUT2D eigenvalue weighted by Gasteiger charge is -2.17. The molecule has 0 heterocycles. The van der Waals surface area contributed by atoms with Gasteiger partial charge in [-0.15, -0.1) is 13.2 Å². The van der Waals surface area contributed by atoms with Crippen LogP contribution in [-0.2, 0) is 0 Å². The first-order valence-corrected chi connectivity index (χ1v) is 6.65. The van der Waals surface area contributed by atoms with Gasteiger partial charge in [0.1, 0.15) is 11.5 Å². The first-order valence-electron chi connectivity index (χ1n) is 6.27. The Labute approximate surface area is 130 Å². The summed E-state index contributed by atoms with van der Waals surface area (Å²) in [6.07, 6.45) is -4.74. The Morgan fingerprint density at radius 2 is 1.77 bits per heavy atom. The Bertz CT molecular complexity index is 672. The Kier molecular flexibility index (Phi) is 4.53. The van der Waals surface area contributed by atoms with Crippen LogP contribution < -0.4 is 10.5 Å². The van der Waals surface area contributed by atoms with Crippen LogP contribution in [0.5, 0.6) is 11.5 Å². The van der Waals surface area contributed by atoms with Crippen LogP contribution in [0.4, 0.5) is 13.2 Å². The fourth-order valence-corrected chi connectivity index (χ4v) is 2.34. The molecule has 0 radical (unpaired) electrons. The zero-order valence-corrected chi connectivity index (χ0v) is 12.2. The molecule has 0 unspecified atom stereocenters. The summed E-state index contributed by atoms with van der Waals surface area (Å²) in [6, 6.07) is 7.52. The minimum Gasteiger partial charge on any atom is -0.507 e. The maximum Gasteiger partial charge on any atom is 0.573 e. The molecule has 0 aliphatic carbocycles. The van der Waals surface area contributed by atoms with E-state index >= 15 is 0 Å². The fraction of sp³-hybridized carbons (Fsp3) is 0.200. The molecule has 2 aromatic carbocycles. The monoisotopic (exact) mass is 331 g/mol. The summed E-state index contributed by atoms with van der Waals surface area (Å²) < 4.78 is 40.1. The second-order valence-electron chi connectivity index (χ2n) is 4.76. The van der Waals surface area contributed by atoms with Gasteiger partial charge in [0, 0.05) is 10.6 Å². The van der Waals surface area contributed by atoms with E-state index in [1.54, 1.807) is 13.0 Å². The summed E-state index contributed by atoms with van der Waals surface area (Å²) in [5.74, 6) is -0.331. The number of alkyl halides is 3. The summed E-state index contributed by atoms with van der Waals surface area (Å²) in [4.78, 5) is 0. The van der Waals surface area contributed by atoms with Crippen molar-refractivity contribution in [3.05, 3.63) is 58.1 Å². The zero-order valence-electron chi connectivity index (χ0n) is 11.5. The third-order valence-electron chi connectivity index (χ3n) is 3.10. The Balaban J connectivity index is 2.29. The first kappa shape index (κ1) is 16.5. The highest BCUT2D eigenvalue weighted by Gasteiger charge is 2.31. The highest BCUT2D eigenvalue weighted by atomic mass is 35.5. The van der Waals surface area contributed by atoms with Crippen LogP contribution in [-0.4, -0.2) is 11.5 Å². The molecule has 0 fully saturated rings. The van der Waals surface area contributed by atoms with Gasteiger partial charge in [0.05, 0.1) is 6.04 Å². The number of halogens is 4. The maximum absolute atomic E-state index is 12.1. The van der Waals surface area contributed by atoms with E-state index in [2.05, 4.69) is 4.74 Å². The van der Waals surface area contributed by atoms with Crippen LogP contribution in [0.15, 0.2) is 36.4 Å². The van der Waals surface area contributed by atoms with Crippen LogP contribution in [0.25, 0.3) is 0 Å². The van der Waals surface area contributed by atoms with E-state index in [4.69, 9.17) is 17.3 Å². The van der Waals surface area contributed by atoms with Crippen molar-refractivity contribution in [1.82, 2.24) is 0 Å². The Morgan fingerprint density at radius 3 is 2.32 bits per heavy atom. The van der Waals surface area contributed by atoms with E-state index in [0.717, 1.165) is 12.1 Å². The largest absolute Gasteiger partial charge is 0.573 e. The molecule has 22 heavy (non-hydrogen) atoms. The SMILES string of the molecule is Cc1cc(Cl)cc([C@H](N)c2ccc(OC(F)(F)F)cc2)c1O. The van der Waals surface area contributed by atoms with Crippen molar-refractivity contribution in [1.29, 1.82) is 0 Å². The number of hydrogen-bond acceptors (Lipinski definition) is 3. The zero-order chi connectivity index (χ0) is 16.5. The van der Waals surface area contributed by atoms with Crippen molar-refractivity contribution in [2.75, 3.05) is 0 Å². The van der Waals surface area contributed by atoms with Gasteiger partial charge < -0.3 is 15.6 Å². The van der Waals surface area contributed by atoms with Crippen LogP contribution in [0, 0.1) is 6.92 Å². The minimum absolute atomic E-state index is 0.00696. The van der Waals surface area contributed by atoms with Crippen LogP contribution >= 0.6 is 11.6 Å². The van der Waals surface area contributed by atoms with Crippen molar-refractivity contribution in [3.63, 3.8) is 0 Å². The first-order chi connectivity index (χ1) is 10.2. The highest BCUT2D eigenvalue weighted by molar-refractivity contribution is 6.30. The average Bonchev–Trinajstić information content (AvgIpc) is 2.41. The molecule has 2 rings (SSSR count). The van der Waals surface area contributed by atoms with E-state index in [0.29, 0.717) is 21.7 Å². The van der Waals surface area contributed by atoms with E-state index in [1.165, 1.54) is 18.2 Å². The predicted molar refractivity (Wildman–Crippen MR) is 77.0 cm³/mol. The van der Waals surface area contributed by atoms with Crippen molar-refractivity contribution in [2.45, 2.75) is 19.3 Å². The lowest BCUT2D eigenvalue weighted by Crippen LogP contribution is -2.17. The molecule has 0 saturated carbocycles. The van der Waals surface area contributed by atoms with E-state index < -0.39 is 12.4 Å². The Hall–Kier alpha value is -1.92. The van der Waals surface area contributed by atoms with Crippen molar-refractivity contribution < 1.29 is 23.0 Å². The molecule has 0 aromatic heterocycles. The Morgan fingerprint density at radius 1 is 1.18 bits per heavy atom. The summed E-state index contributed by atoms with van der Waals surface area (Å²) in [5.41, 5.74) is 7.53. The average molecular weight is 332 g/mol. The number of phenols is 1. The highest BCUT2D eigenvalue weighted by Crippen LogP contribution is 2.34. The topological polar surface area (TPSA) is 55.5 Å². The van der Waals surface area contributed by atoms with Gasteiger partial charge in [0.25, 0.3) is 0 Å². The van der Waals surface area contributed by atoms with Crippen LogP contribution in [0.3, 0.4) is 0 Å². The number of rotatable bonds is 3. The van der Waals surface area contributed by atoms with Crippen LogP contribution in [0.2, 0.25) is 5.02 Å². The summed E-state index contributed by atoms with van der Waals surface area (Å²) in [5, 5.41) is 10.5. The predicted octanol–water partition coefficient (Wildman–Crippen LogP) is 4.30. The number of aromatic hydroxyl groups is 1. The second kappa shape index (κ2) is 6.06. The lowest BCUT2D eigenvalue weighted by molar-refractivity contribution is -0.274. The molecule has 0 aliphatic heterocycles. The summed E-state index contributed by atoms with van der Waals surface area (Å²) in [7, 11) is 0. The van der Waals surface area contributed by atoms with Gasteiger partial charge in [0.2, 0.25) is 0 Å². The third kappa shape index (κ3) is 3.84. The number of hydrogen-bond donors (Lipinski definition) is 2. The standard InChI is InChI=1S/C15H13ClF3NO2/c1-8-6-10(16)7-12(14(8)21)13(20)9-2-4-11(5-3-9)22-15(17,18)19/h2-7,13,21H,20H2,1H3/t13-/m1/s1. The molecular formula is C15H13ClF3NO2. The third-order valence-corrected chi connectivity index (χ3v) is 3.32. The number of aryl methyl sites for hydroxylation is 1. The molecular weight excluding hydrogens is 319 g/mol. The minimum atomic E-state index is -4.74.